The highest BCUT2D eigenvalue weighted by atomic mass is 16.3. The number of rotatable bonds is 4. The van der Waals surface area contributed by atoms with E-state index in [1.807, 2.05) is 0 Å². The molecule has 0 aromatic rings. The van der Waals surface area contributed by atoms with Crippen LogP contribution in [0.3, 0.4) is 0 Å². The van der Waals surface area contributed by atoms with Gasteiger partial charge in [0, 0.05) is 44.7 Å². The van der Waals surface area contributed by atoms with Gasteiger partial charge in [-0.15, -0.1) is 0 Å². The number of nitrogens with zero attached hydrogens (tertiary/aromatic N) is 2. The second-order valence-corrected chi connectivity index (χ2v) is 8.90. The molecule has 0 bridgehead atoms. The number of nitrogens with one attached hydrogen (secondary N) is 1. The molecule has 5 unspecified atom stereocenters. The molecule has 0 spiro atoms. The maximum atomic E-state index is 12.7. The highest BCUT2D eigenvalue weighted by Gasteiger charge is 2.32. The average Bonchev–Trinajstić information content (AvgIpc) is 2.60. The summed E-state index contributed by atoms with van der Waals surface area (Å²) < 4.78 is 0. The molecule has 5 atom stereocenters. The van der Waals surface area contributed by atoms with E-state index in [9.17, 15) is 9.90 Å². The number of piperazine rings is 1. The molecule has 0 radical (unpaired) electrons. The van der Waals surface area contributed by atoms with E-state index in [-0.39, 0.29) is 24.0 Å². The topological polar surface area (TPSA) is 55.8 Å². The van der Waals surface area contributed by atoms with Crippen molar-refractivity contribution in [1.29, 1.82) is 0 Å². The van der Waals surface area contributed by atoms with Crippen molar-refractivity contribution in [2.24, 2.45) is 17.8 Å². The fourth-order valence-corrected chi connectivity index (χ4v) is 4.84. The maximum absolute atomic E-state index is 12.7. The predicted octanol–water partition coefficient (Wildman–Crippen LogP) is 1.71. The van der Waals surface area contributed by atoms with Crippen LogP contribution in [0.4, 0.5) is 0 Å². The van der Waals surface area contributed by atoms with Gasteiger partial charge in [-0.3, -0.25) is 4.79 Å². The first-order valence-electron chi connectivity index (χ1n) is 10.4. The molecular formula is C20H37N3O2. The van der Waals surface area contributed by atoms with E-state index in [0.717, 1.165) is 38.6 Å². The first kappa shape index (κ1) is 19.1. The monoisotopic (exact) mass is 351 g/mol. The smallest absolute Gasteiger partial charge is 0.223 e. The fourth-order valence-electron chi connectivity index (χ4n) is 4.84. The molecule has 2 N–H and O–H groups in total. The van der Waals surface area contributed by atoms with Gasteiger partial charge < -0.3 is 20.2 Å². The summed E-state index contributed by atoms with van der Waals surface area (Å²) in [4.78, 5) is 17.7. The summed E-state index contributed by atoms with van der Waals surface area (Å²) in [7, 11) is 2.20. The molecule has 5 nitrogen and oxygen atoms in total. The van der Waals surface area contributed by atoms with Crippen LogP contribution in [0, 0.1) is 17.8 Å². The van der Waals surface area contributed by atoms with Gasteiger partial charge in [0.25, 0.3) is 0 Å². The predicted molar refractivity (Wildman–Crippen MR) is 100 cm³/mol. The van der Waals surface area contributed by atoms with Crippen molar-refractivity contribution in [3.63, 3.8) is 0 Å². The van der Waals surface area contributed by atoms with E-state index in [2.05, 4.69) is 29.1 Å². The zero-order chi connectivity index (χ0) is 17.8. The molecule has 1 aliphatic heterocycles. The lowest BCUT2D eigenvalue weighted by atomic mass is 9.80. The van der Waals surface area contributed by atoms with E-state index in [4.69, 9.17) is 0 Å². The first-order chi connectivity index (χ1) is 12.0. The Balaban J connectivity index is 1.43. The summed E-state index contributed by atoms with van der Waals surface area (Å²) in [6.07, 6.45) is 7.04. The van der Waals surface area contributed by atoms with Gasteiger partial charge in [-0.05, 0) is 57.4 Å². The lowest BCUT2D eigenvalue weighted by Gasteiger charge is -2.37. The zero-order valence-electron chi connectivity index (χ0n) is 16.1. The molecule has 2 aliphatic carbocycles. The van der Waals surface area contributed by atoms with Crippen LogP contribution in [-0.2, 0) is 4.79 Å². The van der Waals surface area contributed by atoms with Gasteiger partial charge >= 0.3 is 0 Å². The number of aliphatic hydroxyl groups excluding tert-OH is 1. The van der Waals surface area contributed by atoms with Crippen molar-refractivity contribution in [1.82, 2.24) is 15.1 Å². The third-order valence-corrected chi connectivity index (χ3v) is 6.77. The van der Waals surface area contributed by atoms with Crippen molar-refractivity contribution in [3.8, 4) is 0 Å². The Bertz CT molecular complexity index is 437. The quantitative estimate of drug-likeness (QED) is 0.810. The van der Waals surface area contributed by atoms with Gasteiger partial charge in [-0.1, -0.05) is 13.3 Å². The summed E-state index contributed by atoms with van der Waals surface area (Å²) in [5.41, 5.74) is 0. The second-order valence-electron chi connectivity index (χ2n) is 8.90. The van der Waals surface area contributed by atoms with Crippen molar-refractivity contribution in [2.75, 3.05) is 39.8 Å². The largest absolute Gasteiger partial charge is 0.393 e. The Kier molecular flexibility index (Phi) is 6.75. The van der Waals surface area contributed by atoms with Crippen LogP contribution in [0.2, 0.25) is 0 Å². The molecule has 1 amide bonds. The highest BCUT2D eigenvalue weighted by Crippen LogP contribution is 2.31. The number of amides is 1. The normalized spacial score (nSPS) is 38.4. The first-order valence-corrected chi connectivity index (χ1v) is 10.4. The second kappa shape index (κ2) is 8.83. The molecule has 0 aromatic carbocycles. The van der Waals surface area contributed by atoms with Gasteiger partial charge in [0.2, 0.25) is 5.91 Å². The zero-order valence-corrected chi connectivity index (χ0v) is 16.1. The van der Waals surface area contributed by atoms with Crippen LogP contribution < -0.4 is 5.32 Å². The van der Waals surface area contributed by atoms with Crippen LogP contribution >= 0.6 is 0 Å². The minimum Gasteiger partial charge on any atom is -0.393 e. The highest BCUT2D eigenvalue weighted by molar-refractivity contribution is 5.79. The molecule has 1 heterocycles. The summed E-state index contributed by atoms with van der Waals surface area (Å²) in [5, 5.41) is 13.3. The Labute approximate surface area is 153 Å². The van der Waals surface area contributed by atoms with Gasteiger partial charge in [0.15, 0.2) is 0 Å². The molecule has 144 valence electrons. The Morgan fingerprint density at radius 3 is 2.56 bits per heavy atom. The fraction of sp³-hybridized carbons (Fsp3) is 0.950. The summed E-state index contributed by atoms with van der Waals surface area (Å²) in [6, 6.07) is 0.178. The minimum atomic E-state index is -0.254. The number of aliphatic hydroxyl groups is 1. The Morgan fingerprint density at radius 2 is 1.84 bits per heavy atom. The summed E-state index contributed by atoms with van der Waals surface area (Å²) in [5.74, 6) is 1.47. The van der Waals surface area contributed by atoms with E-state index in [0.29, 0.717) is 11.8 Å². The van der Waals surface area contributed by atoms with E-state index in [1.54, 1.807) is 0 Å². The van der Waals surface area contributed by atoms with Crippen LogP contribution in [0.1, 0.15) is 51.9 Å². The third kappa shape index (κ3) is 5.41. The SMILES string of the molecule is CC1CCC(NC(=O)C2CCCC(CN3CCN(C)CC3)C2)CC1O. The maximum Gasteiger partial charge on any atom is 0.223 e. The lowest BCUT2D eigenvalue weighted by Crippen LogP contribution is -2.48. The van der Waals surface area contributed by atoms with E-state index >= 15 is 0 Å². The van der Waals surface area contributed by atoms with Crippen LogP contribution in [0.5, 0.6) is 0 Å². The average molecular weight is 352 g/mol. The Morgan fingerprint density at radius 1 is 1.08 bits per heavy atom. The van der Waals surface area contributed by atoms with Crippen LogP contribution in [0.15, 0.2) is 0 Å². The van der Waals surface area contributed by atoms with Crippen molar-refractivity contribution >= 4 is 5.91 Å². The number of carbonyl (C=O) groups excluding carboxylic acids is 1. The molecular weight excluding hydrogens is 314 g/mol. The standard InChI is InChI=1S/C20H37N3O2/c1-15-6-7-18(13-19(15)24)21-20(25)17-5-3-4-16(12-17)14-23-10-8-22(2)9-11-23/h15-19,24H,3-14H2,1-2H3,(H,21,25). The van der Waals surface area contributed by atoms with E-state index in [1.165, 1.54) is 39.0 Å². The number of hydrogen-bond acceptors (Lipinski definition) is 4. The minimum absolute atomic E-state index is 0.178. The lowest BCUT2D eigenvalue weighted by molar-refractivity contribution is -0.127. The molecule has 2 saturated carbocycles. The summed E-state index contributed by atoms with van der Waals surface area (Å²) >= 11 is 0. The van der Waals surface area contributed by atoms with Crippen LogP contribution in [0.25, 0.3) is 0 Å². The number of hydrogen-bond donors (Lipinski definition) is 2. The van der Waals surface area contributed by atoms with Gasteiger partial charge in [-0.2, -0.15) is 0 Å². The summed E-state index contributed by atoms with van der Waals surface area (Å²) in [6.45, 7) is 7.94. The van der Waals surface area contributed by atoms with E-state index < -0.39 is 0 Å². The van der Waals surface area contributed by atoms with Gasteiger partial charge in [0.05, 0.1) is 6.10 Å². The molecule has 3 rings (SSSR count). The molecule has 0 aromatic heterocycles. The van der Waals surface area contributed by atoms with Crippen molar-refractivity contribution < 1.29 is 9.90 Å². The molecule has 25 heavy (non-hydrogen) atoms. The molecule has 5 heteroatoms. The van der Waals surface area contributed by atoms with Crippen molar-refractivity contribution in [3.05, 3.63) is 0 Å². The third-order valence-electron chi connectivity index (χ3n) is 6.77. The van der Waals surface area contributed by atoms with Gasteiger partial charge in [0.1, 0.15) is 0 Å². The molecule has 3 aliphatic rings. The van der Waals surface area contributed by atoms with Gasteiger partial charge in [-0.25, -0.2) is 0 Å². The number of likely N-dealkylation sites (N-methyl/N-ethyl adjacent to an activating group) is 1. The van der Waals surface area contributed by atoms with Crippen molar-refractivity contribution in [2.45, 2.75) is 64.0 Å². The Hall–Kier alpha value is -0.650. The number of carbonyl (C=O) groups is 1. The molecule has 3 fully saturated rings. The molecule has 1 saturated heterocycles. The van der Waals surface area contributed by atoms with Crippen LogP contribution in [-0.4, -0.2) is 72.7 Å².